The van der Waals surface area contributed by atoms with Crippen LogP contribution in [-0.4, -0.2) is 37.2 Å². The van der Waals surface area contributed by atoms with Crippen molar-refractivity contribution in [3.8, 4) is 0 Å². The first-order chi connectivity index (χ1) is 35.0. The van der Waals surface area contributed by atoms with Crippen molar-refractivity contribution in [2.24, 2.45) is 0 Å². The van der Waals surface area contributed by atoms with Gasteiger partial charge in [-0.25, -0.2) is 0 Å². The normalized spacial score (nSPS) is 12.4. The molecule has 0 aromatic rings. The molecule has 6 heteroatoms. The van der Waals surface area contributed by atoms with E-state index in [0.29, 0.717) is 19.3 Å². The minimum atomic E-state index is -0.786. The van der Waals surface area contributed by atoms with Gasteiger partial charge in [-0.15, -0.1) is 0 Å². The van der Waals surface area contributed by atoms with Gasteiger partial charge in [0.05, 0.1) is 0 Å². The Bertz CT molecular complexity index is 1280. The van der Waals surface area contributed by atoms with Crippen molar-refractivity contribution in [3.63, 3.8) is 0 Å². The lowest BCUT2D eigenvalue weighted by Crippen LogP contribution is -2.30. The molecule has 0 fully saturated rings. The molecule has 0 aromatic heterocycles. The number of rotatable bonds is 56. The van der Waals surface area contributed by atoms with Crippen LogP contribution in [0.1, 0.15) is 316 Å². The van der Waals surface area contributed by atoms with Gasteiger partial charge in [-0.3, -0.25) is 14.4 Å². The molecular formula is C65H116O6. The first-order valence-corrected chi connectivity index (χ1v) is 30.8. The van der Waals surface area contributed by atoms with E-state index in [2.05, 4.69) is 81.5 Å². The molecule has 0 aromatic carbocycles. The molecule has 0 bridgehead atoms. The Hall–Kier alpha value is -2.89. The number of unbranched alkanes of at least 4 members (excludes halogenated alkanes) is 35. The van der Waals surface area contributed by atoms with Crippen LogP contribution in [0.15, 0.2) is 60.8 Å². The molecule has 412 valence electrons. The van der Waals surface area contributed by atoms with Gasteiger partial charge >= 0.3 is 17.9 Å². The van der Waals surface area contributed by atoms with Gasteiger partial charge in [-0.1, -0.05) is 261 Å². The Kier molecular flexibility index (Phi) is 57.2. The Morgan fingerprint density at radius 1 is 0.282 bits per heavy atom. The molecule has 0 N–H and O–H groups in total. The third-order valence-electron chi connectivity index (χ3n) is 13.4. The summed E-state index contributed by atoms with van der Waals surface area (Å²) in [5, 5.41) is 0. The average molecular weight is 994 g/mol. The molecule has 1 unspecified atom stereocenters. The monoisotopic (exact) mass is 993 g/mol. The third-order valence-corrected chi connectivity index (χ3v) is 13.4. The molecule has 0 radical (unpaired) electrons. The van der Waals surface area contributed by atoms with Crippen molar-refractivity contribution in [1.29, 1.82) is 0 Å². The molecule has 0 rings (SSSR count). The summed E-state index contributed by atoms with van der Waals surface area (Å²) in [7, 11) is 0. The van der Waals surface area contributed by atoms with Crippen LogP contribution >= 0.6 is 0 Å². The summed E-state index contributed by atoms with van der Waals surface area (Å²) in [4.78, 5) is 38.1. The van der Waals surface area contributed by atoms with E-state index in [1.54, 1.807) is 0 Å². The van der Waals surface area contributed by atoms with Crippen molar-refractivity contribution in [3.05, 3.63) is 60.8 Å². The lowest BCUT2D eigenvalue weighted by Gasteiger charge is -2.18. The van der Waals surface area contributed by atoms with Crippen molar-refractivity contribution >= 4 is 17.9 Å². The minimum absolute atomic E-state index is 0.0828. The number of hydrogen-bond acceptors (Lipinski definition) is 6. The predicted octanol–water partition coefficient (Wildman–Crippen LogP) is 20.8. The largest absolute Gasteiger partial charge is 0.462 e. The zero-order valence-electron chi connectivity index (χ0n) is 47.2. The second-order valence-corrected chi connectivity index (χ2v) is 20.6. The smallest absolute Gasteiger partial charge is 0.306 e. The molecule has 0 saturated heterocycles. The van der Waals surface area contributed by atoms with Crippen LogP contribution < -0.4 is 0 Å². The van der Waals surface area contributed by atoms with Crippen molar-refractivity contribution < 1.29 is 28.6 Å². The number of ether oxygens (including phenoxy) is 3. The van der Waals surface area contributed by atoms with Crippen LogP contribution in [-0.2, 0) is 28.6 Å². The van der Waals surface area contributed by atoms with E-state index in [-0.39, 0.29) is 31.1 Å². The van der Waals surface area contributed by atoms with Gasteiger partial charge in [0.2, 0.25) is 0 Å². The van der Waals surface area contributed by atoms with Crippen LogP contribution in [0.5, 0.6) is 0 Å². The maximum Gasteiger partial charge on any atom is 0.306 e. The molecule has 0 aliphatic rings. The minimum Gasteiger partial charge on any atom is -0.462 e. The summed E-state index contributed by atoms with van der Waals surface area (Å²) < 4.78 is 16.9. The molecule has 0 spiro atoms. The summed E-state index contributed by atoms with van der Waals surface area (Å²) in [5.41, 5.74) is 0. The van der Waals surface area contributed by atoms with Crippen LogP contribution in [0.4, 0.5) is 0 Å². The lowest BCUT2D eigenvalue weighted by molar-refractivity contribution is -0.167. The second-order valence-electron chi connectivity index (χ2n) is 20.6. The molecule has 6 nitrogen and oxygen atoms in total. The Labute approximate surface area is 440 Å². The van der Waals surface area contributed by atoms with E-state index in [1.807, 2.05) is 0 Å². The van der Waals surface area contributed by atoms with E-state index >= 15 is 0 Å². The topological polar surface area (TPSA) is 78.9 Å². The fourth-order valence-electron chi connectivity index (χ4n) is 8.81. The third kappa shape index (κ3) is 57.9. The fraction of sp³-hybridized carbons (Fsp3) is 0.800. The standard InChI is InChI=1S/C65H116O6/c1-4-7-10-13-16-19-22-25-26-27-28-29-30-31-32-33-34-35-36-37-38-41-43-46-49-52-55-58-64(67)70-61-62(71-65(68)59-56-53-50-47-44-40-24-21-18-15-12-9-6-3)60-69-63(66)57-54-51-48-45-42-39-23-20-17-14-11-8-5-2/h11-12,14-15,20-21,23-24,27-28,62H,4-10,13,16-19,22,25-26,29-61H2,1-3H3/b14-11-,15-12-,23-20-,24-21-,28-27-. The second kappa shape index (κ2) is 59.7. The maximum atomic E-state index is 12.8. The van der Waals surface area contributed by atoms with Crippen LogP contribution in [0.2, 0.25) is 0 Å². The highest BCUT2D eigenvalue weighted by molar-refractivity contribution is 5.71. The van der Waals surface area contributed by atoms with Gasteiger partial charge in [-0.05, 0) is 96.3 Å². The molecule has 0 heterocycles. The van der Waals surface area contributed by atoms with Crippen LogP contribution in [0.25, 0.3) is 0 Å². The van der Waals surface area contributed by atoms with Crippen LogP contribution in [0, 0.1) is 0 Å². The van der Waals surface area contributed by atoms with E-state index in [1.165, 1.54) is 161 Å². The van der Waals surface area contributed by atoms with E-state index in [0.717, 1.165) is 116 Å². The molecule has 71 heavy (non-hydrogen) atoms. The number of carbonyl (C=O) groups excluding carboxylic acids is 3. The van der Waals surface area contributed by atoms with Gasteiger partial charge < -0.3 is 14.2 Å². The Balaban J connectivity index is 4.19. The van der Waals surface area contributed by atoms with E-state index < -0.39 is 6.10 Å². The highest BCUT2D eigenvalue weighted by Gasteiger charge is 2.19. The lowest BCUT2D eigenvalue weighted by atomic mass is 10.0. The highest BCUT2D eigenvalue weighted by atomic mass is 16.6. The van der Waals surface area contributed by atoms with Gasteiger partial charge in [0.1, 0.15) is 13.2 Å². The van der Waals surface area contributed by atoms with Crippen molar-refractivity contribution in [2.45, 2.75) is 322 Å². The van der Waals surface area contributed by atoms with Gasteiger partial charge in [-0.2, -0.15) is 0 Å². The summed E-state index contributed by atoms with van der Waals surface area (Å²) in [6, 6.07) is 0. The fourth-order valence-corrected chi connectivity index (χ4v) is 8.81. The molecule has 0 aliphatic carbocycles. The molecule has 0 amide bonds. The summed E-state index contributed by atoms with van der Waals surface area (Å²) in [6.07, 6.45) is 75.2. The molecule has 0 saturated carbocycles. The SMILES string of the molecule is CCC/C=C\C/C=C\CCCCCCCC(=O)OCC(COC(=O)CCCCCCCCCCCCCCCCC/C=C\CCCCCCCCCC)OC(=O)CCCCCCC/C=C\C/C=C\CCC. The van der Waals surface area contributed by atoms with Gasteiger partial charge in [0.15, 0.2) is 6.10 Å². The van der Waals surface area contributed by atoms with Crippen LogP contribution in [0.3, 0.4) is 0 Å². The summed E-state index contributed by atoms with van der Waals surface area (Å²) >= 11 is 0. The Morgan fingerprint density at radius 2 is 0.535 bits per heavy atom. The highest BCUT2D eigenvalue weighted by Crippen LogP contribution is 2.16. The average Bonchev–Trinajstić information content (AvgIpc) is 3.37. The Morgan fingerprint density at radius 3 is 0.845 bits per heavy atom. The van der Waals surface area contributed by atoms with Crippen molar-refractivity contribution in [2.75, 3.05) is 13.2 Å². The van der Waals surface area contributed by atoms with E-state index in [9.17, 15) is 14.4 Å². The summed E-state index contributed by atoms with van der Waals surface area (Å²) in [6.45, 7) is 6.52. The molecule has 1 atom stereocenters. The zero-order chi connectivity index (χ0) is 51.4. The van der Waals surface area contributed by atoms with Gasteiger partial charge in [0, 0.05) is 19.3 Å². The quantitative estimate of drug-likeness (QED) is 0.0261. The number of carbonyl (C=O) groups is 3. The summed E-state index contributed by atoms with van der Waals surface area (Å²) in [5.74, 6) is -0.901. The molecular weight excluding hydrogens is 877 g/mol. The number of hydrogen-bond donors (Lipinski definition) is 0. The zero-order valence-corrected chi connectivity index (χ0v) is 47.2. The van der Waals surface area contributed by atoms with Crippen molar-refractivity contribution in [1.82, 2.24) is 0 Å². The maximum absolute atomic E-state index is 12.8. The number of esters is 3. The van der Waals surface area contributed by atoms with E-state index in [4.69, 9.17) is 14.2 Å². The van der Waals surface area contributed by atoms with Gasteiger partial charge in [0.25, 0.3) is 0 Å². The first-order valence-electron chi connectivity index (χ1n) is 30.8. The predicted molar refractivity (Wildman–Crippen MR) is 307 cm³/mol. The number of allylic oxidation sites excluding steroid dienone is 10. The first kappa shape index (κ1) is 68.1. The molecule has 0 aliphatic heterocycles.